The number of rotatable bonds is 8. The normalized spacial score (nSPS) is 14.4. The zero-order valence-corrected chi connectivity index (χ0v) is 18.0. The zero-order chi connectivity index (χ0) is 22.6. The van der Waals surface area contributed by atoms with Gasteiger partial charge >= 0.3 is 0 Å². The standard InChI is InChI=1S/C24H23FN8/c1-15(17-9-11-26-12-10-17)27-23-28-21(8-5-16-3-2-4-19(25)13-16)29-24(31-23)30-22-14-20(32-33-22)18-6-7-18/h2-5,8-15,18H,6-7H2,1H3,(H3,27,28,29,30,31,32,33)/b8-5+. The Bertz CT molecular complexity index is 1270. The molecule has 0 radical (unpaired) electrons. The molecule has 1 atom stereocenters. The molecule has 1 saturated carbocycles. The second-order valence-electron chi connectivity index (χ2n) is 7.98. The molecule has 1 aliphatic rings. The molecule has 3 heterocycles. The summed E-state index contributed by atoms with van der Waals surface area (Å²) in [6.45, 7) is 2.02. The summed E-state index contributed by atoms with van der Waals surface area (Å²) < 4.78 is 13.5. The van der Waals surface area contributed by atoms with Gasteiger partial charge in [-0.15, -0.1) is 0 Å². The van der Waals surface area contributed by atoms with E-state index in [2.05, 4.69) is 40.8 Å². The third-order valence-electron chi connectivity index (χ3n) is 5.33. The van der Waals surface area contributed by atoms with Crippen LogP contribution < -0.4 is 10.6 Å². The maximum atomic E-state index is 13.5. The molecule has 0 spiro atoms. The highest BCUT2D eigenvalue weighted by atomic mass is 19.1. The number of anilines is 3. The van der Waals surface area contributed by atoms with Crippen LogP contribution in [0.5, 0.6) is 0 Å². The van der Waals surface area contributed by atoms with Gasteiger partial charge in [-0.3, -0.25) is 10.1 Å². The van der Waals surface area contributed by atoms with Crippen LogP contribution in [0.1, 0.15) is 54.4 Å². The summed E-state index contributed by atoms with van der Waals surface area (Å²) in [5.41, 5.74) is 2.88. The van der Waals surface area contributed by atoms with E-state index >= 15 is 0 Å². The molecule has 0 aliphatic heterocycles. The topological polar surface area (TPSA) is 104 Å². The monoisotopic (exact) mass is 442 g/mol. The van der Waals surface area contributed by atoms with Crippen molar-refractivity contribution in [3.63, 3.8) is 0 Å². The lowest BCUT2D eigenvalue weighted by Crippen LogP contribution is -2.12. The predicted molar refractivity (Wildman–Crippen MR) is 125 cm³/mol. The summed E-state index contributed by atoms with van der Waals surface area (Å²) in [4.78, 5) is 17.6. The molecule has 1 unspecified atom stereocenters. The minimum absolute atomic E-state index is 0.0462. The Kier molecular flexibility index (Phi) is 5.75. The molecule has 1 aliphatic carbocycles. The van der Waals surface area contributed by atoms with Gasteiger partial charge in [-0.25, -0.2) is 4.39 Å². The fraction of sp³-hybridized carbons (Fsp3) is 0.208. The van der Waals surface area contributed by atoms with Gasteiger partial charge in [-0.2, -0.15) is 20.1 Å². The molecule has 9 heteroatoms. The molecule has 166 valence electrons. The lowest BCUT2D eigenvalue weighted by Gasteiger charge is -2.14. The zero-order valence-electron chi connectivity index (χ0n) is 18.0. The first-order valence-corrected chi connectivity index (χ1v) is 10.8. The van der Waals surface area contributed by atoms with Gasteiger partial charge in [0.05, 0.1) is 6.04 Å². The third-order valence-corrected chi connectivity index (χ3v) is 5.33. The summed E-state index contributed by atoms with van der Waals surface area (Å²) in [7, 11) is 0. The van der Waals surface area contributed by atoms with Crippen molar-refractivity contribution >= 4 is 29.9 Å². The van der Waals surface area contributed by atoms with Crippen molar-refractivity contribution in [1.29, 1.82) is 0 Å². The van der Waals surface area contributed by atoms with Crippen LogP contribution in [0, 0.1) is 5.82 Å². The summed E-state index contributed by atoms with van der Waals surface area (Å²) in [6.07, 6.45) is 9.35. The number of hydrogen-bond acceptors (Lipinski definition) is 7. The van der Waals surface area contributed by atoms with E-state index in [1.165, 1.54) is 25.0 Å². The Balaban J connectivity index is 1.42. The predicted octanol–water partition coefficient (Wildman–Crippen LogP) is 5.09. The summed E-state index contributed by atoms with van der Waals surface area (Å²) in [5.74, 6) is 2.12. The molecule has 3 N–H and O–H groups in total. The molecule has 8 nitrogen and oxygen atoms in total. The number of nitrogens with one attached hydrogen (secondary N) is 3. The van der Waals surface area contributed by atoms with E-state index in [4.69, 9.17) is 0 Å². The highest BCUT2D eigenvalue weighted by Gasteiger charge is 2.25. The molecular formula is C24H23FN8. The van der Waals surface area contributed by atoms with Crippen LogP contribution in [0.3, 0.4) is 0 Å². The Labute approximate surface area is 190 Å². The van der Waals surface area contributed by atoms with Crippen molar-refractivity contribution in [2.24, 2.45) is 0 Å². The number of nitrogens with zero attached hydrogens (tertiary/aromatic N) is 5. The summed E-state index contributed by atoms with van der Waals surface area (Å²) in [5, 5.41) is 13.9. The quantitative estimate of drug-likeness (QED) is 0.349. The smallest absolute Gasteiger partial charge is 0.233 e. The highest BCUT2D eigenvalue weighted by molar-refractivity contribution is 5.67. The number of halogens is 1. The van der Waals surface area contributed by atoms with Gasteiger partial charge < -0.3 is 10.6 Å². The van der Waals surface area contributed by atoms with E-state index < -0.39 is 0 Å². The van der Waals surface area contributed by atoms with Crippen LogP contribution in [-0.4, -0.2) is 30.1 Å². The van der Waals surface area contributed by atoms with Crippen molar-refractivity contribution in [1.82, 2.24) is 30.1 Å². The Morgan fingerprint density at radius 1 is 1.03 bits per heavy atom. The third kappa shape index (κ3) is 5.38. The van der Waals surface area contributed by atoms with E-state index in [1.807, 2.05) is 31.2 Å². The van der Waals surface area contributed by atoms with Gasteiger partial charge in [0.15, 0.2) is 11.6 Å². The average molecular weight is 443 g/mol. The number of H-pyrrole nitrogens is 1. The van der Waals surface area contributed by atoms with Gasteiger partial charge in [0, 0.05) is 30.1 Å². The van der Waals surface area contributed by atoms with Gasteiger partial charge in [-0.05, 0) is 61.2 Å². The number of aromatic amines is 1. The molecule has 5 rings (SSSR count). The second kappa shape index (κ2) is 9.15. The van der Waals surface area contributed by atoms with Gasteiger partial charge in [0.1, 0.15) is 5.82 Å². The SMILES string of the molecule is CC(Nc1nc(/C=C/c2cccc(F)c2)nc(Nc2cc(C3CC3)[nH]n2)n1)c1ccncc1. The molecule has 3 aromatic heterocycles. The highest BCUT2D eigenvalue weighted by Crippen LogP contribution is 2.39. The first-order valence-electron chi connectivity index (χ1n) is 10.8. The van der Waals surface area contributed by atoms with E-state index in [-0.39, 0.29) is 11.9 Å². The van der Waals surface area contributed by atoms with E-state index in [1.54, 1.807) is 30.6 Å². The first kappa shape index (κ1) is 20.7. The van der Waals surface area contributed by atoms with Crippen LogP contribution in [0.15, 0.2) is 54.9 Å². The Morgan fingerprint density at radius 3 is 2.64 bits per heavy atom. The van der Waals surface area contributed by atoms with Crippen molar-refractivity contribution in [3.8, 4) is 0 Å². The number of benzene rings is 1. The fourth-order valence-corrected chi connectivity index (χ4v) is 3.42. The van der Waals surface area contributed by atoms with E-state index in [0.717, 1.165) is 11.3 Å². The van der Waals surface area contributed by atoms with Crippen LogP contribution in [0.4, 0.5) is 22.1 Å². The first-order chi connectivity index (χ1) is 16.1. The molecular weight excluding hydrogens is 419 g/mol. The van der Waals surface area contributed by atoms with E-state index in [9.17, 15) is 4.39 Å². The Hall–Kier alpha value is -4.14. The van der Waals surface area contributed by atoms with Crippen LogP contribution >= 0.6 is 0 Å². The van der Waals surface area contributed by atoms with E-state index in [0.29, 0.717) is 35.0 Å². The molecule has 0 bridgehead atoms. The van der Waals surface area contributed by atoms with Gasteiger partial charge in [-0.1, -0.05) is 18.2 Å². The van der Waals surface area contributed by atoms with Crippen molar-refractivity contribution in [2.45, 2.75) is 31.7 Å². The van der Waals surface area contributed by atoms with Gasteiger partial charge in [0.2, 0.25) is 11.9 Å². The molecule has 0 amide bonds. The van der Waals surface area contributed by atoms with Crippen LogP contribution in [0.2, 0.25) is 0 Å². The lowest BCUT2D eigenvalue weighted by atomic mass is 10.1. The number of hydrogen-bond donors (Lipinski definition) is 3. The lowest BCUT2D eigenvalue weighted by molar-refractivity contribution is 0.627. The van der Waals surface area contributed by atoms with Crippen LogP contribution in [0.25, 0.3) is 12.2 Å². The largest absolute Gasteiger partial charge is 0.348 e. The molecule has 0 saturated heterocycles. The number of aromatic nitrogens is 6. The Morgan fingerprint density at radius 2 is 1.85 bits per heavy atom. The van der Waals surface area contributed by atoms with Crippen LogP contribution in [-0.2, 0) is 0 Å². The molecule has 4 aromatic rings. The molecule has 33 heavy (non-hydrogen) atoms. The maximum absolute atomic E-state index is 13.5. The minimum atomic E-state index is -0.298. The maximum Gasteiger partial charge on any atom is 0.233 e. The second-order valence-corrected chi connectivity index (χ2v) is 7.98. The summed E-state index contributed by atoms with van der Waals surface area (Å²) >= 11 is 0. The summed E-state index contributed by atoms with van der Waals surface area (Å²) in [6, 6.07) is 12.1. The van der Waals surface area contributed by atoms with Crippen molar-refractivity contribution < 1.29 is 4.39 Å². The fourth-order valence-electron chi connectivity index (χ4n) is 3.42. The average Bonchev–Trinajstić information content (AvgIpc) is 3.57. The van der Waals surface area contributed by atoms with Crippen molar-refractivity contribution in [2.75, 3.05) is 10.6 Å². The number of pyridine rings is 1. The minimum Gasteiger partial charge on any atom is -0.348 e. The molecule has 1 aromatic carbocycles. The van der Waals surface area contributed by atoms with Crippen molar-refractivity contribution in [3.05, 3.63) is 83.3 Å². The van der Waals surface area contributed by atoms with Gasteiger partial charge in [0.25, 0.3) is 0 Å². The molecule has 1 fully saturated rings.